The largest absolute Gasteiger partial charge is 0.329 e. The minimum absolute atomic E-state index is 0.0193. The summed E-state index contributed by atoms with van der Waals surface area (Å²) in [6.45, 7) is 0.231. The molecule has 1 aromatic carbocycles. The lowest BCUT2D eigenvalue weighted by atomic mass is 9.99. The van der Waals surface area contributed by atoms with Crippen LogP contribution in [0.4, 0.5) is 0 Å². The number of carbonyl (C=O) groups excluding carboxylic acids is 2. The van der Waals surface area contributed by atoms with Gasteiger partial charge in [-0.2, -0.15) is 0 Å². The van der Waals surface area contributed by atoms with Crippen molar-refractivity contribution in [2.24, 2.45) is 11.7 Å². The molecule has 8 heteroatoms. The fourth-order valence-corrected chi connectivity index (χ4v) is 4.81. The summed E-state index contributed by atoms with van der Waals surface area (Å²) < 4.78 is 28.0. The number of sulfonamides is 1. The summed E-state index contributed by atoms with van der Waals surface area (Å²) in [5.41, 5.74) is 6.10. The highest BCUT2D eigenvalue weighted by Crippen LogP contribution is 2.29. The number of amides is 2. The van der Waals surface area contributed by atoms with Crippen molar-refractivity contribution in [2.75, 3.05) is 13.6 Å². The van der Waals surface area contributed by atoms with Gasteiger partial charge in [0.05, 0.1) is 16.0 Å². The number of rotatable bonds is 5. The highest BCUT2D eigenvalue weighted by atomic mass is 32.2. The molecular formula is C16H21N3O4S. The van der Waals surface area contributed by atoms with Crippen LogP contribution < -0.4 is 10.5 Å². The SMILES string of the molecule is CN1C(=O)c2ccc(S(=O)(=O)NC(CN)C3CCCC3)cc2C1=O. The average Bonchev–Trinajstić information content (AvgIpc) is 3.17. The van der Waals surface area contributed by atoms with Gasteiger partial charge in [-0.25, -0.2) is 13.1 Å². The van der Waals surface area contributed by atoms with Crippen molar-refractivity contribution in [2.45, 2.75) is 36.6 Å². The van der Waals surface area contributed by atoms with E-state index in [1.165, 1.54) is 25.2 Å². The van der Waals surface area contributed by atoms with E-state index in [0.29, 0.717) is 0 Å². The molecule has 3 N–H and O–H groups in total. The Morgan fingerprint density at radius 1 is 1.21 bits per heavy atom. The summed E-state index contributed by atoms with van der Waals surface area (Å²) in [6, 6.07) is 3.70. The second kappa shape index (κ2) is 6.27. The van der Waals surface area contributed by atoms with Crippen LogP contribution in [-0.2, 0) is 10.0 Å². The normalized spacial score (nSPS) is 19.8. The van der Waals surface area contributed by atoms with Gasteiger partial charge in [0.15, 0.2) is 0 Å². The molecule has 24 heavy (non-hydrogen) atoms. The van der Waals surface area contributed by atoms with Crippen LogP contribution in [0.15, 0.2) is 23.1 Å². The Balaban J connectivity index is 1.88. The molecule has 2 amide bonds. The molecule has 0 bridgehead atoms. The molecule has 1 aliphatic carbocycles. The van der Waals surface area contributed by atoms with E-state index in [2.05, 4.69) is 4.72 Å². The third-order valence-electron chi connectivity index (χ3n) is 4.90. The molecular weight excluding hydrogens is 330 g/mol. The van der Waals surface area contributed by atoms with Gasteiger partial charge in [0, 0.05) is 19.6 Å². The summed E-state index contributed by atoms with van der Waals surface area (Å²) >= 11 is 0. The van der Waals surface area contributed by atoms with Gasteiger partial charge < -0.3 is 5.73 Å². The highest BCUT2D eigenvalue weighted by Gasteiger charge is 2.35. The molecule has 1 aliphatic heterocycles. The molecule has 1 fully saturated rings. The lowest BCUT2D eigenvalue weighted by molar-refractivity contribution is 0.0693. The number of nitrogens with one attached hydrogen (secondary N) is 1. The monoisotopic (exact) mass is 351 g/mol. The number of imide groups is 1. The number of nitrogens with two attached hydrogens (primary N) is 1. The molecule has 0 aromatic heterocycles. The number of carbonyl (C=O) groups is 2. The van der Waals surface area contributed by atoms with Crippen LogP contribution in [0.25, 0.3) is 0 Å². The molecule has 7 nitrogen and oxygen atoms in total. The van der Waals surface area contributed by atoms with Gasteiger partial charge in [-0.15, -0.1) is 0 Å². The number of fused-ring (bicyclic) bond motifs is 1. The number of hydrogen-bond acceptors (Lipinski definition) is 5. The van der Waals surface area contributed by atoms with Crippen LogP contribution in [0.1, 0.15) is 46.4 Å². The first kappa shape index (κ1) is 17.1. The molecule has 0 radical (unpaired) electrons. The molecule has 0 spiro atoms. The van der Waals surface area contributed by atoms with Gasteiger partial charge in [-0.05, 0) is 37.0 Å². The van der Waals surface area contributed by atoms with Crippen LogP contribution in [0.2, 0.25) is 0 Å². The zero-order valence-corrected chi connectivity index (χ0v) is 14.3. The minimum atomic E-state index is -3.80. The third kappa shape index (κ3) is 2.85. The zero-order valence-electron chi connectivity index (χ0n) is 13.5. The molecule has 1 aromatic rings. The Bertz CT molecular complexity index is 785. The van der Waals surface area contributed by atoms with E-state index in [9.17, 15) is 18.0 Å². The molecule has 0 saturated heterocycles. The Kier molecular flexibility index (Phi) is 4.46. The van der Waals surface area contributed by atoms with Crippen molar-refractivity contribution in [1.82, 2.24) is 9.62 Å². The van der Waals surface area contributed by atoms with E-state index in [0.717, 1.165) is 30.6 Å². The van der Waals surface area contributed by atoms with E-state index < -0.39 is 21.8 Å². The third-order valence-corrected chi connectivity index (χ3v) is 6.39. The van der Waals surface area contributed by atoms with Crippen molar-refractivity contribution in [3.05, 3.63) is 29.3 Å². The first-order valence-electron chi connectivity index (χ1n) is 8.04. The summed E-state index contributed by atoms with van der Waals surface area (Å²) in [7, 11) is -2.42. The van der Waals surface area contributed by atoms with Crippen LogP contribution >= 0.6 is 0 Å². The topological polar surface area (TPSA) is 110 Å². The molecule has 130 valence electrons. The predicted octanol–water partition coefficient (Wildman–Crippen LogP) is 0.708. The van der Waals surface area contributed by atoms with E-state index in [4.69, 9.17) is 5.73 Å². The van der Waals surface area contributed by atoms with E-state index in [-0.39, 0.29) is 34.5 Å². The molecule has 1 atom stereocenters. The van der Waals surface area contributed by atoms with Gasteiger partial charge in [0.2, 0.25) is 10.0 Å². The maximum Gasteiger partial charge on any atom is 0.261 e. The van der Waals surface area contributed by atoms with Gasteiger partial charge in [-0.3, -0.25) is 14.5 Å². The highest BCUT2D eigenvalue weighted by molar-refractivity contribution is 7.89. The van der Waals surface area contributed by atoms with Crippen molar-refractivity contribution in [3.8, 4) is 0 Å². The van der Waals surface area contributed by atoms with Crippen molar-refractivity contribution in [3.63, 3.8) is 0 Å². The summed E-state index contributed by atoms with van der Waals surface area (Å²) in [4.78, 5) is 24.9. The maximum atomic E-state index is 12.7. The lowest BCUT2D eigenvalue weighted by Crippen LogP contribution is -2.44. The summed E-state index contributed by atoms with van der Waals surface area (Å²) in [5.74, 6) is -0.663. The molecule has 1 heterocycles. The van der Waals surface area contributed by atoms with E-state index >= 15 is 0 Å². The quantitative estimate of drug-likeness (QED) is 0.759. The van der Waals surface area contributed by atoms with Gasteiger partial charge in [-0.1, -0.05) is 12.8 Å². The smallest absolute Gasteiger partial charge is 0.261 e. The second-order valence-electron chi connectivity index (χ2n) is 6.38. The Labute approximate surface area is 141 Å². The second-order valence-corrected chi connectivity index (χ2v) is 8.10. The first-order chi connectivity index (χ1) is 11.3. The Morgan fingerprint density at radius 2 is 1.83 bits per heavy atom. The fraction of sp³-hybridized carbons (Fsp3) is 0.500. The van der Waals surface area contributed by atoms with Crippen LogP contribution in [0.3, 0.4) is 0 Å². The summed E-state index contributed by atoms with van der Waals surface area (Å²) in [5, 5.41) is 0. The van der Waals surface area contributed by atoms with Crippen LogP contribution in [-0.4, -0.2) is 44.8 Å². The van der Waals surface area contributed by atoms with Crippen LogP contribution in [0, 0.1) is 5.92 Å². The number of benzene rings is 1. The minimum Gasteiger partial charge on any atom is -0.329 e. The predicted molar refractivity (Wildman–Crippen MR) is 88.0 cm³/mol. The lowest BCUT2D eigenvalue weighted by Gasteiger charge is -2.23. The molecule has 2 aliphatic rings. The molecule has 3 rings (SSSR count). The number of nitrogens with zero attached hydrogens (tertiary/aromatic N) is 1. The van der Waals surface area contributed by atoms with Crippen molar-refractivity contribution in [1.29, 1.82) is 0 Å². The first-order valence-corrected chi connectivity index (χ1v) is 9.52. The zero-order chi connectivity index (χ0) is 17.5. The van der Waals surface area contributed by atoms with Gasteiger partial charge in [0.25, 0.3) is 11.8 Å². The van der Waals surface area contributed by atoms with Crippen molar-refractivity contribution < 1.29 is 18.0 Å². The van der Waals surface area contributed by atoms with Gasteiger partial charge >= 0.3 is 0 Å². The van der Waals surface area contributed by atoms with E-state index in [1.807, 2.05) is 0 Å². The number of hydrogen-bond donors (Lipinski definition) is 2. The maximum absolute atomic E-state index is 12.7. The Morgan fingerprint density at radius 3 is 2.46 bits per heavy atom. The fourth-order valence-electron chi connectivity index (χ4n) is 3.47. The Hall–Kier alpha value is -1.77. The van der Waals surface area contributed by atoms with E-state index in [1.54, 1.807) is 0 Å². The van der Waals surface area contributed by atoms with Gasteiger partial charge in [0.1, 0.15) is 0 Å². The molecule has 1 unspecified atom stereocenters. The standard InChI is InChI=1S/C16H21N3O4S/c1-19-15(20)12-7-6-11(8-13(12)16(19)21)24(22,23)18-14(9-17)10-4-2-3-5-10/h6-8,10,14,18H,2-5,9,17H2,1H3. The average molecular weight is 351 g/mol. The summed E-state index contributed by atoms with van der Waals surface area (Å²) in [6.07, 6.45) is 4.11. The molecule has 1 saturated carbocycles. The van der Waals surface area contributed by atoms with Crippen LogP contribution in [0.5, 0.6) is 0 Å². The van der Waals surface area contributed by atoms with Crippen molar-refractivity contribution >= 4 is 21.8 Å².